The Morgan fingerprint density at radius 1 is 1.48 bits per heavy atom. The quantitative estimate of drug-likeness (QED) is 0.723. The van der Waals surface area contributed by atoms with E-state index in [9.17, 15) is 23.1 Å². The van der Waals surface area contributed by atoms with E-state index in [4.69, 9.17) is 5.73 Å². The molecule has 1 aliphatic rings. The van der Waals surface area contributed by atoms with Crippen LogP contribution in [0.3, 0.4) is 0 Å². The van der Waals surface area contributed by atoms with Crippen molar-refractivity contribution in [2.24, 2.45) is 5.73 Å². The fourth-order valence-electron chi connectivity index (χ4n) is 2.72. The van der Waals surface area contributed by atoms with Crippen LogP contribution in [0, 0.1) is 0 Å². The summed E-state index contributed by atoms with van der Waals surface area (Å²) in [5.41, 5.74) is 5.80. The molecule has 10 heteroatoms. The molecule has 1 fully saturated rings. The molecule has 1 amide bonds. The second-order valence-corrected chi connectivity index (χ2v) is 5.75. The van der Waals surface area contributed by atoms with E-state index in [0.29, 0.717) is 19.3 Å². The summed E-state index contributed by atoms with van der Waals surface area (Å²) >= 11 is 0. The largest absolute Gasteiger partial charge is 0.408 e. The van der Waals surface area contributed by atoms with Gasteiger partial charge in [0, 0.05) is 19.0 Å². The summed E-state index contributed by atoms with van der Waals surface area (Å²) in [6.45, 7) is -1.27. The molecule has 7 nitrogen and oxygen atoms in total. The van der Waals surface area contributed by atoms with E-state index in [1.165, 1.54) is 7.05 Å². The van der Waals surface area contributed by atoms with Gasteiger partial charge in [-0.3, -0.25) is 4.79 Å². The number of rotatable bonds is 4. The minimum absolute atomic E-state index is 0.0447. The Morgan fingerprint density at radius 3 is 2.74 bits per heavy atom. The average Bonchev–Trinajstić information content (AvgIpc) is 2.82. The van der Waals surface area contributed by atoms with Crippen molar-refractivity contribution < 1.29 is 23.1 Å². The number of alkyl halides is 3. The van der Waals surface area contributed by atoms with Gasteiger partial charge in [-0.25, -0.2) is 9.67 Å². The molecule has 0 radical (unpaired) electrons. The number of aliphatic hydroxyl groups excluding tert-OH is 1. The first-order chi connectivity index (χ1) is 10.7. The summed E-state index contributed by atoms with van der Waals surface area (Å²) in [5.74, 6) is -0.481. The molecule has 3 atom stereocenters. The van der Waals surface area contributed by atoms with Gasteiger partial charge in [-0.1, -0.05) is 0 Å². The molecular formula is C13H20F3N5O2. The predicted molar refractivity (Wildman–Crippen MR) is 74.4 cm³/mol. The van der Waals surface area contributed by atoms with Gasteiger partial charge in [-0.2, -0.15) is 18.3 Å². The maximum atomic E-state index is 12.7. The Bertz CT molecular complexity index is 560. The zero-order valence-corrected chi connectivity index (χ0v) is 12.7. The molecular weight excluding hydrogens is 315 g/mol. The molecule has 130 valence electrons. The number of halogens is 3. The molecule has 1 aromatic rings. The van der Waals surface area contributed by atoms with Crippen LogP contribution in [0.4, 0.5) is 13.2 Å². The van der Waals surface area contributed by atoms with Crippen LogP contribution in [0.5, 0.6) is 0 Å². The number of carbonyl (C=O) groups is 1. The summed E-state index contributed by atoms with van der Waals surface area (Å²) in [6.07, 6.45) is -4.08. The Balaban J connectivity index is 2.26. The van der Waals surface area contributed by atoms with Crippen molar-refractivity contribution in [1.82, 2.24) is 20.1 Å². The zero-order chi connectivity index (χ0) is 17.2. The highest BCUT2D eigenvalue weighted by molar-refractivity contribution is 5.77. The van der Waals surface area contributed by atoms with Crippen molar-refractivity contribution in [3.63, 3.8) is 0 Å². The van der Waals surface area contributed by atoms with Crippen molar-refractivity contribution in [2.45, 2.75) is 56.5 Å². The van der Waals surface area contributed by atoms with Crippen LogP contribution in [0.1, 0.15) is 36.8 Å². The lowest BCUT2D eigenvalue weighted by molar-refractivity contribution is -0.143. The highest BCUT2D eigenvalue weighted by Gasteiger charge is 2.35. The molecule has 0 unspecified atom stereocenters. The number of aliphatic hydroxyl groups is 1. The first-order valence-electron chi connectivity index (χ1n) is 7.34. The van der Waals surface area contributed by atoms with Crippen molar-refractivity contribution in [3.05, 3.63) is 11.6 Å². The summed E-state index contributed by atoms with van der Waals surface area (Å²) in [5, 5.41) is 15.9. The van der Waals surface area contributed by atoms with Gasteiger partial charge in [-0.05, 0) is 19.3 Å². The van der Waals surface area contributed by atoms with Gasteiger partial charge in [0.05, 0.1) is 12.5 Å². The fraction of sp³-hybridized carbons (Fsp3) is 0.769. The van der Waals surface area contributed by atoms with Gasteiger partial charge in [0.25, 0.3) is 0 Å². The van der Waals surface area contributed by atoms with Crippen LogP contribution < -0.4 is 11.1 Å². The molecule has 0 aromatic carbocycles. The smallest absolute Gasteiger partial charge is 0.392 e. The summed E-state index contributed by atoms with van der Waals surface area (Å²) in [4.78, 5) is 15.5. The van der Waals surface area contributed by atoms with Gasteiger partial charge in [0.15, 0.2) is 5.82 Å². The number of hydrogen-bond donors (Lipinski definition) is 3. The molecule has 0 spiro atoms. The van der Waals surface area contributed by atoms with E-state index in [0.717, 1.165) is 4.68 Å². The van der Waals surface area contributed by atoms with Crippen LogP contribution in [-0.2, 0) is 17.8 Å². The Hall–Kier alpha value is -1.68. The van der Waals surface area contributed by atoms with Crippen LogP contribution in [0.15, 0.2) is 0 Å². The van der Waals surface area contributed by atoms with Crippen molar-refractivity contribution >= 4 is 5.91 Å². The zero-order valence-electron chi connectivity index (χ0n) is 12.7. The van der Waals surface area contributed by atoms with Gasteiger partial charge >= 0.3 is 6.18 Å². The lowest BCUT2D eigenvalue weighted by Gasteiger charge is -2.30. The van der Waals surface area contributed by atoms with E-state index in [2.05, 4.69) is 15.4 Å². The lowest BCUT2D eigenvalue weighted by Crippen LogP contribution is -2.40. The number of hydrogen-bond acceptors (Lipinski definition) is 5. The van der Waals surface area contributed by atoms with Crippen molar-refractivity contribution in [3.8, 4) is 0 Å². The van der Waals surface area contributed by atoms with Gasteiger partial charge < -0.3 is 16.2 Å². The van der Waals surface area contributed by atoms with E-state index >= 15 is 0 Å². The van der Waals surface area contributed by atoms with Crippen molar-refractivity contribution in [1.29, 1.82) is 0 Å². The molecule has 2 rings (SSSR count). The number of nitrogens with zero attached hydrogens (tertiary/aromatic N) is 3. The van der Waals surface area contributed by atoms with E-state index < -0.39 is 24.9 Å². The second-order valence-electron chi connectivity index (χ2n) is 5.75. The second kappa shape index (κ2) is 6.83. The van der Waals surface area contributed by atoms with Crippen LogP contribution in [0.25, 0.3) is 0 Å². The van der Waals surface area contributed by atoms with Crippen LogP contribution >= 0.6 is 0 Å². The maximum Gasteiger partial charge on any atom is 0.408 e. The van der Waals surface area contributed by atoms with Gasteiger partial charge in [0.1, 0.15) is 12.4 Å². The van der Waals surface area contributed by atoms with Crippen molar-refractivity contribution in [2.75, 3.05) is 7.05 Å². The third-order valence-electron chi connectivity index (χ3n) is 3.90. The number of nitrogens with two attached hydrogens (primary N) is 1. The third kappa shape index (κ3) is 4.64. The molecule has 1 aliphatic carbocycles. The number of amides is 1. The van der Waals surface area contributed by atoms with E-state index in [1.807, 2.05) is 0 Å². The first kappa shape index (κ1) is 17.7. The molecule has 23 heavy (non-hydrogen) atoms. The maximum absolute atomic E-state index is 12.7. The summed E-state index contributed by atoms with van der Waals surface area (Å²) < 4.78 is 39.0. The average molecular weight is 335 g/mol. The van der Waals surface area contributed by atoms with Crippen LogP contribution in [0.2, 0.25) is 0 Å². The SMILES string of the molecule is CNC(=O)Cc1nc([C@H]2CC[C@@H](O)[C@H](N)C2)n(CC(F)(F)F)n1. The van der Waals surface area contributed by atoms with Crippen LogP contribution in [-0.4, -0.2) is 51.1 Å². The summed E-state index contributed by atoms with van der Waals surface area (Å²) in [7, 11) is 1.43. The van der Waals surface area contributed by atoms with E-state index in [-0.39, 0.29) is 29.9 Å². The minimum atomic E-state index is -4.44. The van der Waals surface area contributed by atoms with E-state index in [1.54, 1.807) is 0 Å². The molecule has 0 saturated heterocycles. The number of aromatic nitrogens is 3. The topological polar surface area (TPSA) is 106 Å². The fourth-order valence-corrected chi connectivity index (χ4v) is 2.72. The normalized spacial score (nSPS) is 25.4. The number of nitrogens with one attached hydrogen (secondary N) is 1. The molecule has 0 aliphatic heterocycles. The minimum Gasteiger partial charge on any atom is -0.392 e. The number of carbonyl (C=O) groups excluding carboxylic acids is 1. The standard InChI is InChI=1S/C13H20F3N5O2/c1-18-11(23)5-10-19-12(21(20-10)6-13(14,15)16)7-2-3-9(22)8(17)4-7/h7-9,22H,2-6,17H2,1H3,(H,18,23)/t7-,8+,9+/m0/s1. The molecule has 1 heterocycles. The Morgan fingerprint density at radius 2 is 2.17 bits per heavy atom. The number of likely N-dealkylation sites (N-methyl/N-ethyl adjacent to an activating group) is 1. The highest BCUT2D eigenvalue weighted by atomic mass is 19.4. The monoisotopic (exact) mass is 335 g/mol. The Kier molecular flexibility index (Phi) is 5.25. The lowest BCUT2D eigenvalue weighted by atomic mass is 9.83. The highest BCUT2D eigenvalue weighted by Crippen LogP contribution is 2.32. The Labute approximate surface area is 131 Å². The van der Waals surface area contributed by atoms with Gasteiger partial charge in [0.2, 0.25) is 5.91 Å². The molecule has 1 saturated carbocycles. The summed E-state index contributed by atoms with van der Waals surface area (Å²) in [6, 6.07) is -0.507. The van der Waals surface area contributed by atoms with Gasteiger partial charge in [-0.15, -0.1) is 0 Å². The third-order valence-corrected chi connectivity index (χ3v) is 3.90. The molecule has 4 N–H and O–H groups in total. The molecule has 0 bridgehead atoms. The predicted octanol–water partition coefficient (Wildman–Crippen LogP) is 0.0846. The molecule has 1 aromatic heterocycles. The first-order valence-corrected chi connectivity index (χ1v) is 7.34.